The van der Waals surface area contributed by atoms with Crippen molar-refractivity contribution in [2.45, 2.75) is 37.9 Å². The molecule has 0 spiro atoms. The summed E-state index contributed by atoms with van der Waals surface area (Å²) in [7, 11) is -0.886. The largest absolute Gasteiger partial charge is 0.497 e. The summed E-state index contributed by atoms with van der Waals surface area (Å²) in [4.78, 5) is 12.6. The minimum atomic E-state index is -3.80. The summed E-state index contributed by atoms with van der Waals surface area (Å²) in [6.45, 7) is 3.09. The van der Waals surface area contributed by atoms with Crippen LogP contribution in [0.5, 0.6) is 5.75 Å². The summed E-state index contributed by atoms with van der Waals surface area (Å²) in [5.74, 6) is 0.226. The van der Waals surface area contributed by atoms with Crippen molar-refractivity contribution >= 4 is 16.1 Å². The third-order valence-corrected chi connectivity index (χ3v) is 5.84. The Morgan fingerprint density at radius 3 is 2.52 bits per heavy atom. The van der Waals surface area contributed by atoms with Crippen LogP contribution < -0.4 is 14.8 Å². The molecule has 1 aromatic rings. The van der Waals surface area contributed by atoms with Crippen LogP contribution in [0.15, 0.2) is 24.3 Å². The Balaban J connectivity index is 2.26. The number of hydrogen-bond donors (Lipinski definition) is 3. The van der Waals surface area contributed by atoms with Gasteiger partial charge in [-0.1, -0.05) is 12.1 Å². The van der Waals surface area contributed by atoms with Gasteiger partial charge in [-0.25, -0.2) is 0 Å². The maximum atomic E-state index is 12.6. The number of rotatable bonds is 5. The molecule has 0 saturated carbocycles. The molecule has 1 amide bonds. The van der Waals surface area contributed by atoms with E-state index in [1.54, 1.807) is 45.2 Å². The third-order valence-electron chi connectivity index (χ3n) is 4.25. The summed E-state index contributed by atoms with van der Waals surface area (Å²) in [6, 6.07) is 5.62. The quantitative estimate of drug-likeness (QED) is 0.683. The molecule has 1 saturated heterocycles. The molecule has 1 heterocycles. The van der Waals surface area contributed by atoms with Crippen LogP contribution in [0.3, 0.4) is 0 Å². The predicted molar refractivity (Wildman–Crippen MR) is 93.3 cm³/mol. The number of benzene rings is 1. The molecular formula is C16H25N3O5S. The molecule has 0 aliphatic carbocycles. The summed E-state index contributed by atoms with van der Waals surface area (Å²) < 4.78 is 33.5. The SMILES string of the molecule is COc1ccc(C2CC(C(=O)NC(C)(C)CO)N(C)S(=O)(=O)N2)cc1. The average Bonchev–Trinajstić information content (AvgIpc) is 2.56. The van der Waals surface area contributed by atoms with Crippen molar-refractivity contribution in [1.82, 2.24) is 14.3 Å². The summed E-state index contributed by atoms with van der Waals surface area (Å²) in [5, 5.41) is 12.0. The lowest BCUT2D eigenvalue weighted by Gasteiger charge is -2.37. The molecule has 0 aromatic heterocycles. The highest BCUT2D eigenvalue weighted by atomic mass is 32.2. The van der Waals surface area contributed by atoms with E-state index in [1.165, 1.54) is 7.05 Å². The first-order chi connectivity index (χ1) is 11.6. The van der Waals surface area contributed by atoms with E-state index in [9.17, 15) is 18.3 Å². The van der Waals surface area contributed by atoms with Gasteiger partial charge in [-0.05, 0) is 38.0 Å². The van der Waals surface area contributed by atoms with Gasteiger partial charge in [-0.3, -0.25) is 4.79 Å². The molecule has 2 atom stereocenters. The van der Waals surface area contributed by atoms with E-state index >= 15 is 0 Å². The number of aliphatic hydroxyl groups is 1. The van der Waals surface area contributed by atoms with Gasteiger partial charge in [0.1, 0.15) is 11.8 Å². The van der Waals surface area contributed by atoms with Gasteiger partial charge in [0.2, 0.25) is 5.91 Å². The number of hydrogen-bond acceptors (Lipinski definition) is 5. The van der Waals surface area contributed by atoms with Crippen LogP contribution in [-0.4, -0.2) is 56.1 Å². The fourth-order valence-electron chi connectivity index (χ4n) is 2.62. The maximum Gasteiger partial charge on any atom is 0.280 e. The van der Waals surface area contributed by atoms with Crippen molar-refractivity contribution < 1.29 is 23.1 Å². The molecule has 0 radical (unpaired) electrons. The zero-order valence-electron chi connectivity index (χ0n) is 14.8. The van der Waals surface area contributed by atoms with E-state index in [2.05, 4.69) is 10.0 Å². The first-order valence-corrected chi connectivity index (χ1v) is 9.36. The van der Waals surface area contributed by atoms with Crippen molar-refractivity contribution in [2.75, 3.05) is 20.8 Å². The second-order valence-electron chi connectivity index (χ2n) is 6.75. The Hall–Kier alpha value is -1.68. The molecule has 8 nitrogen and oxygen atoms in total. The molecule has 2 rings (SSSR count). The monoisotopic (exact) mass is 371 g/mol. The van der Waals surface area contributed by atoms with Crippen LogP contribution in [0, 0.1) is 0 Å². The Morgan fingerprint density at radius 2 is 2.00 bits per heavy atom. The van der Waals surface area contributed by atoms with Gasteiger partial charge in [-0.2, -0.15) is 17.4 Å². The molecule has 1 aliphatic rings. The smallest absolute Gasteiger partial charge is 0.280 e. The number of methoxy groups -OCH3 is 1. The van der Waals surface area contributed by atoms with E-state index in [-0.39, 0.29) is 13.0 Å². The second-order valence-corrected chi connectivity index (χ2v) is 8.51. The van der Waals surface area contributed by atoms with Gasteiger partial charge in [0, 0.05) is 13.1 Å². The van der Waals surface area contributed by atoms with Gasteiger partial charge in [-0.15, -0.1) is 0 Å². The molecule has 3 N–H and O–H groups in total. The number of aliphatic hydroxyl groups excluding tert-OH is 1. The zero-order chi connectivity index (χ0) is 18.8. The van der Waals surface area contributed by atoms with Crippen LogP contribution in [0.2, 0.25) is 0 Å². The van der Waals surface area contributed by atoms with Crippen LogP contribution >= 0.6 is 0 Å². The van der Waals surface area contributed by atoms with Gasteiger partial charge in [0.15, 0.2) is 0 Å². The molecule has 2 unspecified atom stereocenters. The molecule has 25 heavy (non-hydrogen) atoms. The summed E-state index contributed by atoms with van der Waals surface area (Å²) >= 11 is 0. The van der Waals surface area contributed by atoms with E-state index in [0.29, 0.717) is 5.75 Å². The molecule has 1 fully saturated rings. The average molecular weight is 371 g/mol. The zero-order valence-corrected chi connectivity index (χ0v) is 15.6. The van der Waals surface area contributed by atoms with Gasteiger partial charge >= 0.3 is 0 Å². The minimum absolute atomic E-state index is 0.248. The maximum absolute atomic E-state index is 12.6. The first kappa shape index (κ1) is 19.6. The van der Waals surface area contributed by atoms with Gasteiger partial charge in [0.05, 0.1) is 19.3 Å². The number of amides is 1. The summed E-state index contributed by atoms with van der Waals surface area (Å²) in [6.07, 6.45) is 0.273. The van der Waals surface area contributed by atoms with E-state index in [4.69, 9.17) is 4.74 Å². The Labute approximate surface area is 148 Å². The van der Waals surface area contributed by atoms with E-state index < -0.39 is 33.7 Å². The highest BCUT2D eigenvalue weighted by Crippen LogP contribution is 2.29. The Kier molecular flexibility index (Phi) is 5.72. The fraction of sp³-hybridized carbons (Fsp3) is 0.562. The third kappa shape index (κ3) is 4.49. The Morgan fingerprint density at radius 1 is 1.40 bits per heavy atom. The number of ether oxygens (including phenoxy) is 1. The van der Waals surface area contributed by atoms with Crippen LogP contribution in [-0.2, 0) is 15.0 Å². The molecule has 0 bridgehead atoms. The Bertz CT molecular complexity index is 718. The minimum Gasteiger partial charge on any atom is -0.497 e. The van der Waals surface area contributed by atoms with Crippen LogP contribution in [0.4, 0.5) is 0 Å². The highest BCUT2D eigenvalue weighted by molar-refractivity contribution is 7.87. The number of nitrogens with zero attached hydrogens (tertiary/aromatic N) is 1. The molecule has 1 aromatic carbocycles. The number of nitrogens with one attached hydrogen (secondary N) is 2. The highest BCUT2D eigenvalue weighted by Gasteiger charge is 2.41. The molecule has 9 heteroatoms. The topological polar surface area (TPSA) is 108 Å². The van der Waals surface area contributed by atoms with Crippen molar-refractivity contribution in [3.8, 4) is 5.75 Å². The summed E-state index contributed by atoms with van der Waals surface area (Å²) in [5.41, 5.74) is -0.0842. The molecule has 140 valence electrons. The second kappa shape index (κ2) is 7.28. The lowest BCUT2D eigenvalue weighted by atomic mass is 9.98. The van der Waals surface area contributed by atoms with Crippen molar-refractivity contribution in [2.24, 2.45) is 0 Å². The number of likely N-dealkylation sites (N-methyl/N-ethyl adjacent to an activating group) is 1. The van der Waals surface area contributed by atoms with Crippen LogP contribution in [0.1, 0.15) is 31.9 Å². The fourth-order valence-corrected chi connectivity index (χ4v) is 3.89. The first-order valence-electron chi connectivity index (χ1n) is 7.92. The standard InChI is InChI=1S/C16H25N3O5S/c1-16(2,10-20)17-15(21)14-9-13(18-25(22,23)19(14)3)11-5-7-12(24-4)8-6-11/h5-8,13-14,18,20H,9-10H2,1-4H3,(H,17,21). The van der Waals surface area contributed by atoms with Crippen LogP contribution in [0.25, 0.3) is 0 Å². The van der Waals surface area contributed by atoms with Crippen molar-refractivity contribution in [3.63, 3.8) is 0 Å². The van der Waals surface area contributed by atoms with Crippen molar-refractivity contribution in [3.05, 3.63) is 29.8 Å². The molecular weight excluding hydrogens is 346 g/mol. The van der Waals surface area contributed by atoms with Gasteiger partial charge < -0.3 is 15.2 Å². The van der Waals surface area contributed by atoms with Crippen molar-refractivity contribution in [1.29, 1.82) is 0 Å². The van der Waals surface area contributed by atoms with E-state index in [0.717, 1.165) is 9.87 Å². The predicted octanol–water partition coefficient (Wildman–Crippen LogP) is 0.162. The normalized spacial score (nSPS) is 23.9. The number of carbonyl (C=O) groups is 1. The number of carbonyl (C=O) groups excluding carboxylic acids is 1. The van der Waals surface area contributed by atoms with E-state index in [1.807, 2.05) is 0 Å². The lowest BCUT2D eigenvalue weighted by molar-refractivity contribution is -0.127. The lowest BCUT2D eigenvalue weighted by Crippen LogP contribution is -2.60. The molecule has 1 aliphatic heterocycles. The van der Waals surface area contributed by atoms with Gasteiger partial charge in [0.25, 0.3) is 10.2 Å².